The molecule has 0 saturated carbocycles. The van der Waals surface area contributed by atoms with E-state index in [9.17, 15) is 14.3 Å². The van der Waals surface area contributed by atoms with Crippen molar-refractivity contribution in [2.75, 3.05) is 36.9 Å². The Morgan fingerprint density at radius 1 is 1.21 bits per heavy atom. The van der Waals surface area contributed by atoms with Gasteiger partial charge in [-0.15, -0.1) is 0 Å². The Morgan fingerprint density at radius 3 is 2.79 bits per heavy atom. The first-order valence-electron chi connectivity index (χ1n) is 11.3. The average Bonchev–Trinajstić information content (AvgIpc) is 2.85. The number of nitrogens with one attached hydrogen (secondary N) is 2. The smallest absolute Gasteiger partial charge is 0.269 e. The number of pyridine rings is 2. The largest absolute Gasteiger partial charge is 0.369 e. The van der Waals surface area contributed by atoms with Crippen LogP contribution in [0.25, 0.3) is 11.3 Å². The summed E-state index contributed by atoms with van der Waals surface area (Å²) >= 11 is 0. The summed E-state index contributed by atoms with van der Waals surface area (Å²) in [5, 5.41) is 16.1. The molecule has 0 aliphatic carbocycles. The summed E-state index contributed by atoms with van der Waals surface area (Å²) in [4.78, 5) is 25.3. The maximum Gasteiger partial charge on any atom is 0.269 e. The molecule has 1 fully saturated rings. The van der Waals surface area contributed by atoms with Crippen molar-refractivity contribution in [3.05, 3.63) is 71.4 Å². The molecule has 1 amide bonds. The summed E-state index contributed by atoms with van der Waals surface area (Å²) < 4.78 is 13.6. The highest BCUT2D eigenvalue weighted by atomic mass is 19.1. The van der Waals surface area contributed by atoms with E-state index in [2.05, 4.69) is 37.3 Å². The van der Waals surface area contributed by atoms with Gasteiger partial charge in [0.05, 0.1) is 23.3 Å². The van der Waals surface area contributed by atoms with Gasteiger partial charge in [0.25, 0.3) is 5.91 Å². The zero-order valence-electron chi connectivity index (χ0n) is 19.1. The fourth-order valence-corrected chi connectivity index (χ4v) is 4.65. The number of benzene rings is 1. The SMILES string of the molecule is CNC(=O)c1ccc(N2CCN(Cc3cnc4c(c3)NC(O)c3cc(F)ccc3-4)[C@@H](C)C2)cn1. The molecule has 2 atom stereocenters. The number of hydrogen-bond acceptors (Lipinski definition) is 7. The van der Waals surface area contributed by atoms with Crippen LogP contribution < -0.4 is 15.5 Å². The van der Waals surface area contributed by atoms with Crippen molar-refractivity contribution in [2.45, 2.75) is 25.7 Å². The molecular weight excluding hydrogens is 435 g/mol. The molecule has 0 bridgehead atoms. The summed E-state index contributed by atoms with van der Waals surface area (Å²) in [6.07, 6.45) is 2.63. The summed E-state index contributed by atoms with van der Waals surface area (Å²) in [5.74, 6) is -0.577. The number of aliphatic hydroxyl groups excluding tert-OH is 1. The maximum absolute atomic E-state index is 13.6. The minimum atomic E-state index is -0.971. The molecule has 2 aliphatic heterocycles. The quantitative estimate of drug-likeness (QED) is 0.549. The molecule has 3 aromatic rings. The number of piperazine rings is 1. The summed E-state index contributed by atoms with van der Waals surface area (Å²) in [7, 11) is 1.59. The second-order valence-corrected chi connectivity index (χ2v) is 8.76. The van der Waals surface area contributed by atoms with Crippen molar-refractivity contribution in [2.24, 2.45) is 0 Å². The van der Waals surface area contributed by atoms with Crippen LogP contribution >= 0.6 is 0 Å². The Bertz CT molecular complexity index is 1220. The van der Waals surface area contributed by atoms with E-state index in [1.54, 1.807) is 25.4 Å². The van der Waals surface area contributed by atoms with Crippen LogP contribution in [0.15, 0.2) is 48.8 Å². The van der Waals surface area contributed by atoms with Gasteiger partial charge in [0, 0.05) is 56.6 Å². The molecule has 2 aromatic heterocycles. The van der Waals surface area contributed by atoms with Crippen molar-refractivity contribution in [3.8, 4) is 11.3 Å². The van der Waals surface area contributed by atoms with E-state index >= 15 is 0 Å². The predicted octanol–water partition coefficient (Wildman–Crippen LogP) is 2.77. The third-order valence-electron chi connectivity index (χ3n) is 6.52. The van der Waals surface area contributed by atoms with Gasteiger partial charge in [-0.3, -0.25) is 14.7 Å². The van der Waals surface area contributed by atoms with E-state index in [0.29, 0.717) is 17.3 Å². The van der Waals surface area contributed by atoms with Crippen LogP contribution in [0.5, 0.6) is 0 Å². The van der Waals surface area contributed by atoms with E-state index in [-0.39, 0.29) is 11.7 Å². The second kappa shape index (κ2) is 9.00. The first-order chi connectivity index (χ1) is 16.4. The highest BCUT2D eigenvalue weighted by Crippen LogP contribution is 2.39. The number of nitrogens with zero attached hydrogens (tertiary/aromatic N) is 4. The van der Waals surface area contributed by atoms with Crippen LogP contribution in [0, 0.1) is 5.82 Å². The number of amides is 1. The molecule has 2 aliphatic rings. The van der Waals surface area contributed by atoms with Gasteiger partial charge < -0.3 is 20.6 Å². The molecule has 1 saturated heterocycles. The van der Waals surface area contributed by atoms with Crippen molar-refractivity contribution in [3.63, 3.8) is 0 Å². The van der Waals surface area contributed by atoms with Crippen molar-refractivity contribution < 1.29 is 14.3 Å². The third-order valence-corrected chi connectivity index (χ3v) is 6.52. The van der Waals surface area contributed by atoms with Crippen molar-refractivity contribution in [1.29, 1.82) is 0 Å². The lowest BCUT2D eigenvalue weighted by molar-refractivity contribution is 0.0958. The monoisotopic (exact) mass is 462 g/mol. The second-order valence-electron chi connectivity index (χ2n) is 8.76. The Kier molecular flexibility index (Phi) is 5.89. The average molecular weight is 463 g/mol. The van der Waals surface area contributed by atoms with E-state index in [0.717, 1.165) is 54.4 Å². The van der Waals surface area contributed by atoms with Gasteiger partial charge in [-0.2, -0.15) is 0 Å². The predicted molar refractivity (Wildman–Crippen MR) is 128 cm³/mol. The van der Waals surface area contributed by atoms with Crippen LogP contribution in [-0.4, -0.2) is 58.6 Å². The highest BCUT2D eigenvalue weighted by Gasteiger charge is 2.27. The van der Waals surface area contributed by atoms with Crippen LogP contribution in [0.4, 0.5) is 15.8 Å². The number of anilines is 2. The fraction of sp³-hybridized carbons (Fsp3) is 0.320. The molecule has 5 rings (SSSR count). The Hall–Kier alpha value is -3.56. The number of aliphatic hydroxyl groups is 1. The van der Waals surface area contributed by atoms with Crippen LogP contribution in [0.1, 0.15) is 34.8 Å². The zero-order valence-corrected chi connectivity index (χ0v) is 19.1. The lowest BCUT2D eigenvalue weighted by Gasteiger charge is -2.41. The number of fused-ring (bicyclic) bond motifs is 3. The normalized spacial score (nSPS) is 19.7. The first kappa shape index (κ1) is 22.2. The minimum absolute atomic E-state index is 0.193. The topological polar surface area (TPSA) is 93.6 Å². The number of rotatable bonds is 4. The lowest BCUT2D eigenvalue weighted by atomic mass is 9.97. The Balaban J connectivity index is 1.27. The van der Waals surface area contributed by atoms with Gasteiger partial charge in [0.2, 0.25) is 0 Å². The van der Waals surface area contributed by atoms with Crippen LogP contribution in [-0.2, 0) is 6.54 Å². The minimum Gasteiger partial charge on any atom is -0.369 e. The first-order valence-corrected chi connectivity index (χ1v) is 11.3. The Morgan fingerprint density at radius 2 is 2.06 bits per heavy atom. The zero-order chi connectivity index (χ0) is 23.8. The molecule has 3 N–H and O–H groups in total. The molecular formula is C25H27FN6O2. The third kappa shape index (κ3) is 4.20. The van der Waals surface area contributed by atoms with Crippen LogP contribution in [0.3, 0.4) is 0 Å². The fourth-order valence-electron chi connectivity index (χ4n) is 4.65. The van der Waals surface area contributed by atoms with E-state index in [4.69, 9.17) is 0 Å². The van der Waals surface area contributed by atoms with Crippen LogP contribution in [0.2, 0.25) is 0 Å². The van der Waals surface area contributed by atoms with E-state index in [1.165, 1.54) is 12.1 Å². The highest BCUT2D eigenvalue weighted by molar-refractivity contribution is 5.92. The molecule has 8 nitrogen and oxygen atoms in total. The summed E-state index contributed by atoms with van der Waals surface area (Å²) in [6.45, 7) is 5.48. The molecule has 1 unspecified atom stereocenters. The van der Waals surface area contributed by atoms with Gasteiger partial charge in [-0.05, 0) is 48.9 Å². The number of aromatic nitrogens is 2. The van der Waals surface area contributed by atoms with Crippen molar-refractivity contribution in [1.82, 2.24) is 20.2 Å². The molecule has 176 valence electrons. The van der Waals surface area contributed by atoms with Gasteiger partial charge >= 0.3 is 0 Å². The van der Waals surface area contributed by atoms with Gasteiger partial charge in [-0.25, -0.2) is 9.37 Å². The number of hydrogen-bond donors (Lipinski definition) is 3. The van der Waals surface area contributed by atoms with Gasteiger partial charge in [0.15, 0.2) is 6.23 Å². The van der Waals surface area contributed by atoms with Gasteiger partial charge in [-0.1, -0.05) is 0 Å². The van der Waals surface area contributed by atoms with Gasteiger partial charge in [0.1, 0.15) is 11.5 Å². The molecule has 1 aromatic carbocycles. The van der Waals surface area contributed by atoms with E-state index in [1.807, 2.05) is 18.3 Å². The molecule has 0 spiro atoms. The lowest BCUT2D eigenvalue weighted by Crippen LogP contribution is -2.51. The molecule has 0 radical (unpaired) electrons. The molecule has 34 heavy (non-hydrogen) atoms. The molecule has 9 heteroatoms. The summed E-state index contributed by atoms with van der Waals surface area (Å²) in [5.41, 5.74) is 5.16. The number of halogens is 1. The summed E-state index contributed by atoms with van der Waals surface area (Å²) in [6, 6.07) is 10.4. The number of carbonyl (C=O) groups excluding carboxylic acids is 1. The van der Waals surface area contributed by atoms with Crippen molar-refractivity contribution >= 4 is 17.3 Å². The maximum atomic E-state index is 13.6. The standard InChI is InChI=1S/C25H27FN6O2/c1-15-13-32(18-4-6-21(28-12-18)25(34)27-2)8-7-31(15)14-16-9-22-23(29-11-16)19-5-3-17(26)10-20(19)24(33)30-22/h3-6,9-12,15,24,30,33H,7-8,13-14H2,1-2H3,(H,27,34)/t15-,24?/m0/s1. The molecule has 4 heterocycles. The Labute approximate surface area is 197 Å². The van der Waals surface area contributed by atoms with E-state index < -0.39 is 6.23 Å². The number of carbonyl (C=O) groups is 1.